The van der Waals surface area contributed by atoms with Crippen LogP contribution in [-0.4, -0.2) is 53.2 Å². The van der Waals surface area contributed by atoms with Gasteiger partial charge in [0.05, 0.1) is 11.4 Å². The average Bonchev–Trinajstić information content (AvgIpc) is 3.29. The van der Waals surface area contributed by atoms with Gasteiger partial charge >= 0.3 is 0 Å². The molecule has 2 aromatic rings. The van der Waals surface area contributed by atoms with Gasteiger partial charge in [-0.15, -0.1) is 0 Å². The number of aryl methyl sites for hydroxylation is 1. The number of nitrogens with zero attached hydrogens (tertiary/aromatic N) is 2. The predicted octanol–water partition coefficient (Wildman–Crippen LogP) is 3.24. The predicted molar refractivity (Wildman–Crippen MR) is 134 cm³/mol. The van der Waals surface area contributed by atoms with Gasteiger partial charge in [-0.3, -0.25) is 10.5 Å². The summed E-state index contributed by atoms with van der Waals surface area (Å²) in [5, 5.41) is 33.8. The lowest BCUT2D eigenvalue weighted by Gasteiger charge is -2.32. The minimum absolute atomic E-state index is 0.285. The van der Waals surface area contributed by atoms with Crippen molar-refractivity contribution in [3.63, 3.8) is 0 Å². The van der Waals surface area contributed by atoms with Crippen LogP contribution < -0.4 is 16.0 Å². The molecule has 6 N–H and O–H groups in total. The second-order valence-electron chi connectivity index (χ2n) is 7.99. The lowest BCUT2D eigenvalue weighted by Crippen LogP contribution is -2.38. The second-order valence-corrected chi connectivity index (χ2v) is 7.99. The van der Waals surface area contributed by atoms with Gasteiger partial charge in [-0.1, -0.05) is 30.3 Å². The summed E-state index contributed by atoms with van der Waals surface area (Å²) in [5.74, 6) is 1.64. The molecule has 0 unspecified atom stereocenters. The number of H-pyrrole nitrogens is 1. The van der Waals surface area contributed by atoms with Crippen LogP contribution in [0.15, 0.2) is 72.5 Å². The van der Waals surface area contributed by atoms with Crippen molar-refractivity contribution < 1.29 is 0 Å². The summed E-state index contributed by atoms with van der Waals surface area (Å²) in [6.45, 7) is 4.65. The Morgan fingerprint density at radius 3 is 2.55 bits per heavy atom. The molecular weight excluding hydrogens is 412 g/mol. The van der Waals surface area contributed by atoms with Gasteiger partial charge in [-0.25, -0.2) is 0 Å². The van der Waals surface area contributed by atoms with E-state index < -0.39 is 0 Å². The highest BCUT2D eigenvalue weighted by atomic mass is 15.3. The van der Waals surface area contributed by atoms with E-state index >= 15 is 0 Å². The molecule has 8 heteroatoms. The van der Waals surface area contributed by atoms with Crippen molar-refractivity contribution >= 4 is 11.4 Å². The maximum Gasteiger partial charge on any atom is 0.110 e. The minimum atomic E-state index is 0.285. The Balaban J connectivity index is 1.80. The Bertz CT molecular complexity index is 1010. The Kier molecular flexibility index (Phi) is 9.02. The van der Waals surface area contributed by atoms with Crippen molar-refractivity contribution in [1.29, 1.82) is 10.8 Å². The first-order valence-corrected chi connectivity index (χ1v) is 11.3. The van der Waals surface area contributed by atoms with Gasteiger partial charge in [0, 0.05) is 37.6 Å². The molecule has 1 aliphatic heterocycles. The van der Waals surface area contributed by atoms with E-state index in [9.17, 15) is 0 Å². The zero-order chi connectivity index (χ0) is 23.5. The van der Waals surface area contributed by atoms with Crippen LogP contribution >= 0.6 is 0 Å². The second kappa shape index (κ2) is 12.4. The molecule has 0 bridgehead atoms. The van der Waals surface area contributed by atoms with Gasteiger partial charge in [0.15, 0.2) is 0 Å². The summed E-state index contributed by atoms with van der Waals surface area (Å²) in [5.41, 5.74) is 3.02. The molecule has 1 aromatic heterocycles. The van der Waals surface area contributed by atoms with Crippen LogP contribution in [0.5, 0.6) is 0 Å². The summed E-state index contributed by atoms with van der Waals surface area (Å²) < 4.78 is 0. The number of likely N-dealkylation sites (tertiary alicyclic amines) is 1. The number of likely N-dealkylation sites (N-methyl/N-ethyl adjacent to an activating group) is 1. The highest BCUT2D eigenvalue weighted by Gasteiger charge is 2.15. The lowest BCUT2D eigenvalue weighted by atomic mass is 10.1. The van der Waals surface area contributed by atoms with Crippen LogP contribution in [0, 0.1) is 17.7 Å². The molecule has 174 valence electrons. The first kappa shape index (κ1) is 24.0. The van der Waals surface area contributed by atoms with Gasteiger partial charge in [-0.2, -0.15) is 5.10 Å². The molecule has 0 amide bonds. The first-order chi connectivity index (χ1) is 16.1. The lowest BCUT2D eigenvalue weighted by molar-refractivity contribution is 0.270. The summed E-state index contributed by atoms with van der Waals surface area (Å²) in [6, 6.07) is 11.4. The molecule has 0 saturated carbocycles. The van der Waals surface area contributed by atoms with E-state index in [1.165, 1.54) is 19.3 Å². The maximum absolute atomic E-state index is 8.50. The Hall–Kier alpha value is -3.65. The van der Waals surface area contributed by atoms with Crippen LogP contribution in [0.2, 0.25) is 0 Å². The highest BCUT2D eigenvalue weighted by Crippen LogP contribution is 2.14. The van der Waals surface area contributed by atoms with Crippen LogP contribution in [0.3, 0.4) is 0 Å². The van der Waals surface area contributed by atoms with Gasteiger partial charge in [0.1, 0.15) is 17.3 Å². The van der Waals surface area contributed by atoms with Gasteiger partial charge in [0.25, 0.3) is 0 Å². The smallest absolute Gasteiger partial charge is 0.110 e. The topological polar surface area (TPSA) is 116 Å². The SMILES string of the molecule is CNC/C=C(\N/C(=C\C(=N)c1cc(C)[nH]n1)N/C=C\C(=N)c1ccccc1)N1CCCCC1. The quantitative estimate of drug-likeness (QED) is 0.297. The molecule has 33 heavy (non-hydrogen) atoms. The van der Waals surface area contributed by atoms with E-state index in [0.717, 1.165) is 36.7 Å². The molecule has 0 atom stereocenters. The molecule has 0 spiro atoms. The van der Waals surface area contributed by atoms with E-state index in [2.05, 4.69) is 37.1 Å². The highest BCUT2D eigenvalue weighted by molar-refractivity contribution is 6.06. The van der Waals surface area contributed by atoms with E-state index in [1.54, 1.807) is 18.4 Å². The van der Waals surface area contributed by atoms with E-state index in [0.29, 0.717) is 17.2 Å². The normalized spacial score (nSPS) is 15.0. The first-order valence-electron chi connectivity index (χ1n) is 11.3. The van der Waals surface area contributed by atoms with E-state index in [-0.39, 0.29) is 5.71 Å². The molecule has 0 radical (unpaired) electrons. The molecule has 3 rings (SSSR count). The number of allylic oxidation sites excluding steroid dienone is 2. The molecule has 8 nitrogen and oxygen atoms in total. The Labute approximate surface area is 195 Å². The molecule has 0 aliphatic carbocycles. The summed E-state index contributed by atoms with van der Waals surface area (Å²) in [6.07, 6.45) is 10.9. The molecule has 2 heterocycles. The van der Waals surface area contributed by atoms with Crippen LogP contribution in [0.1, 0.15) is 36.2 Å². The third-order valence-corrected chi connectivity index (χ3v) is 5.30. The van der Waals surface area contributed by atoms with E-state index in [4.69, 9.17) is 10.8 Å². The minimum Gasteiger partial charge on any atom is -0.358 e. The standard InChI is InChI=1S/C25H34N8/c1-19-17-23(32-31-19)22(27)18-24(29-14-11-21(26)20-9-5-3-6-10-20)30-25(12-13-28-2)33-15-7-4-8-16-33/h3,5-6,9-12,14,17-18,26-30H,4,7-8,13,15-16H2,1-2H3,(H,31,32)/b14-11-,24-18-,25-12+,26-21?,27-22?. The number of rotatable bonds is 11. The zero-order valence-electron chi connectivity index (χ0n) is 19.4. The Morgan fingerprint density at radius 2 is 1.88 bits per heavy atom. The fraction of sp³-hybridized carbons (Fsp3) is 0.320. The van der Waals surface area contributed by atoms with Crippen molar-refractivity contribution in [3.05, 3.63) is 89.4 Å². The van der Waals surface area contributed by atoms with Crippen molar-refractivity contribution in [2.75, 3.05) is 26.7 Å². The maximum atomic E-state index is 8.50. The average molecular weight is 447 g/mol. The number of aromatic nitrogens is 2. The number of piperidine rings is 1. The molecule has 1 aliphatic rings. The summed E-state index contributed by atoms with van der Waals surface area (Å²) in [4.78, 5) is 2.34. The van der Waals surface area contributed by atoms with Crippen molar-refractivity contribution in [2.24, 2.45) is 0 Å². The number of benzene rings is 1. The van der Waals surface area contributed by atoms with Crippen LogP contribution in [-0.2, 0) is 0 Å². The van der Waals surface area contributed by atoms with Gasteiger partial charge in [0.2, 0.25) is 0 Å². The van der Waals surface area contributed by atoms with Crippen LogP contribution in [0.4, 0.5) is 0 Å². The van der Waals surface area contributed by atoms with Gasteiger partial charge < -0.3 is 26.3 Å². The van der Waals surface area contributed by atoms with Gasteiger partial charge in [-0.05, 0) is 57.0 Å². The molecule has 1 aromatic carbocycles. The Morgan fingerprint density at radius 1 is 1.12 bits per heavy atom. The number of aromatic amines is 1. The van der Waals surface area contributed by atoms with Crippen LogP contribution in [0.25, 0.3) is 0 Å². The van der Waals surface area contributed by atoms with Crippen molar-refractivity contribution in [2.45, 2.75) is 26.2 Å². The zero-order valence-corrected chi connectivity index (χ0v) is 19.4. The van der Waals surface area contributed by atoms with Crippen molar-refractivity contribution in [1.82, 2.24) is 31.0 Å². The molecular formula is C25H34N8. The fourth-order valence-corrected chi connectivity index (χ4v) is 3.55. The number of nitrogens with one attached hydrogen (secondary N) is 6. The van der Waals surface area contributed by atoms with Crippen molar-refractivity contribution in [3.8, 4) is 0 Å². The largest absolute Gasteiger partial charge is 0.358 e. The monoisotopic (exact) mass is 446 g/mol. The fourth-order valence-electron chi connectivity index (χ4n) is 3.55. The summed E-state index contributed by atoms with van der Waals surface area (Å²) in [7, 11) is 1.92. The molecule has 1 saturated heterocycles. The third kappa shape index (κ3) is 7.47. The van der Waals surface area contributed by atoms with E-state index in [1.807, 2.05) is 50.4 Å². The third-order valence-electron chi connectivity index (χ3n) is 5.30. The number of hydrogen-bond acceptors (Lipinski definition) is 7. The number of hydrogen-bond donors (Lipinski definition) is 6. The summed E-state index contributed by atoms with van der Waals surface area (Å²) >= 11 is 0. The molecule has 1 fully saturated rings.